The normalized spacial score (nSPS) is 12.9. The standard InChI is InChI=1S/C19H16FN3O2/c20-14-7-8-17(13(11-14)12-21)22-9-3-4-10-23-18(24)15-5-1-2-6-16(15)19(23)25/h1-2,5-8,11,22H,3-4,9-10H2. The SMILES string of the molecule is N#Cc1cc(F)ccc1NCCCCN1C(=O)c2ccccc2C1=O. The lowest BCUT2D eigenvalue weighted by atomic mass is 10.1. The highest BCUT2D eigenvalue weighted by atomic mass is 19.1. The average molecular weight is 337 g/mol. The summed E-state index contributed by atoms with van der Waals surface area (Å²) in [5, 5.41) is 12.1. The maximum absolute atomic E-state index is 13.1. The average Bonchev–Trinajstić information content (AvgIpc) is 2.87. The summed E-state index contributed by atoms with van der Waals surface area (Å²) in [6, 6.07) is 12.8. The quantitative estimate of drug-likeness (QED) is 0.649. The topological polar surface area (TPSA) is 73.2 Å². The fourth-order valence-electron chi connectivity index (χ4n) is 2.82. The zero-order chi connectivity index (χ0) is 17.8. The van der Waals surface area contributed by atoms with Crippen LogP contribution in [0.2, 0.25) is 0 Å². The molecule has 5 nitrogen and oxygen atoms in total. The van der Waals surface area contributed by atoms with Gasteiger partial charge in [0.2, 0.25) is 0 Å². The van der Waals surface area contributed by atoms with E-state index >= 15 is 0 Å². The molecule has 0 saturated heterocycles. The number of benzene rings is 2. The van der Waals surface area contributed by atoms with Crippen LogP contribution in [0.25, 0.3) is 0 Å². The molecule has 0 aromatic heterocycles. The molecule has 3 rings (SSSR count). The minimum absolute atomic E-state index is 0.250. The second-order valence-electron chi connectivity index (χ2n) is 5.74. The molecule has 0 fully saturated rings. The lowest BCUT2D eigenvalue weighted by Crippen LogP contribution is -2.30. The summed E-state index contributed by atoms with van der Waals surface area (Å²) >= 11 is 0. The summed E-state index contributed by atoms with van der Waals surface area (Å²) < 4.78 is 13.1. The molecular weight excluding hydrogens is 321 g/mol. The van der Waals surface area contributed by atoms with Gasteiger partial charge in [-0.25, -0.2) is 4.39 Å². The molecule has 2 aromatic carbocycles. The van der Waals surface area contributed by atoms with Crippen molar-refractivity contribution in [1.29, 1.82) is 5.26 Å². The molecule has 0 radical (unpaired) electrons. The molecule has 0 saturated carbocycles. The van der Waals surface area contributed by atoms with Crippen LogP contribution < -0.4 is 5.32 Å². The van der Waals surface area contributed by atoms with Gasteiger partial charge < -0.3 is 5.32 Å². The summed E-state index contributed by atoms with van der Waals surface area (Å²) in [4.78, 5) is 25.7. The van der Waals surface area contributed by atoms with E-state index in [-0.39, 0.29) is 17.4 Å². The minimum Gasteiger partial charge on any atom is -0.384 e. The second-order valence-corrected chi connectivity index (χ2v) is 5.74. The number of hydrogen-bond acceptors (Lipinski definition) is 4. The summed E-state index contributed by atoms with van der Waals surface area (Å²) in [5.41, 5.74) is 1.73. The molecule has 0 unspecified atom stereocenters. The molecule has 25 heavy (non-hydrogen) atoms. The number of nitrogens with zero attached hydrogens (tertiary/aromatic N) is 2. The van der Waals surface area contributed by atoms with Crippen LogP contribution in [0.4, 0.5) is 10.1 Å². The van der Waals surface area contributed by atoms with Crippen molar-refractivity contribution in [3.8, 4) is 6.07 Å². The van der Waals surface area contributed by atoms with E-state index in [9.17, 15) is 14.0 Å². The fourth-order valence-corrected chi connectivity index (χ4v) is 2.82. The Morgan fingerprint density at radius 2 is 1.72 bits per heavy atom. The first-order valence-corrected chi connectivity index (χ1v) is 8.00. The van der Waals surface area contributed by atoms with Gasteiger partial charge in [-0.3, -0.25) is 14.5 Å². The number of anilines is 1. The van der Waals surface area contributed by atoms with Gasteiger partial charge in [-0.05, 0) is 43.2 Å². The number of imide groups is 1. The number of hydrogen-bond donors (Lipinski definition) is 1. The van der Waals surface area contributed by atoms with Gasteiger partial charge in [-0.2, -0.15) is 5.26 Å². The molecule has 0 aliphatic carbocycles. The van der Waals surface area contributed by atoms with E-state index in [1.807, 2.05) is 6.07 Å². The van der Waals surface area contributed by atoms with Gasteiger partial charge in [0.05, 0.1) is 22.4 Å². The second kappa shape index (κ2) is 7.14. The van der Waals surface area contributed by atoms with E-state index in [1.54, 1.807) is 24.3 Å². The summed E-state index contributed by atoms with van der Waals surface area (Å²) in [7, 11) is 0. The van der Waals surface area contributed by atoms with Crippen molar-refractivity contribution in [3.05, 3.63) is 65.0 Å². The Morgan fingerprint density at radius 3 is 2.36 bits per heavy atom. The van der Waals surface area contributed by atoms with Gasteiger partial charge in [0.15, 0.2) is 0 Å². The number of carbonyl (C=O) groups is 2. The van der Waals surface area contributed by atoms with Crippen LogP contribution >= 0.6 is 0 Å². The molecule has 0 atom stereocenters. The summed E-state index contributed by atoms with van der Waals surface area (Å²) in [5.74, 6) is -0.953. The Labute approximate surface area is 144 Å². The largest absolute Gasteiger partial charge is 0.384 e. The highest BCUT2D eigenvalue weighted by Crippen LogP contribution is 2.22. The van der Waals surface area contributed by atoms with Crippen molar-refractivity contribution >= 4 is 17.5 Å². The first kappa shape index (κ1) is 16.7. The Bertz CT molecular complexity index is 838. The highest BCUT2D eigenvalue weighted by molar-refractivity contribution is 6.21. The third kappa shape index (κ3) is 3.36. The first-order chi connectivity index (χ1) is 12.1. The number of unbranched alkanes of at least 4 members (excludes halogenated alkanes) is 1. The van der Waals surface area contributed by atoms with Gasteiger partial charge in [-0.15, -0.1) is 0 Å². The number of fused-ring (bicyclic) bond motifs is 1. The molecule has 1 N–H and O–H groups in total. The zero-order valence-corrected chi connectivity index (χ0v) is 13.5. The van der Waals surface area contributed by atoms with Gasteiger partial charge in [-0.1, -0.05) is 12.1 Å². The molecule has 6 heteroatoms. The number of rotatable bonds is 6. The molecule has 1 heterocycles. The van der Waals surface area contributed by atoms with Crippen LogP contribution in [-0.2, 0) is 0 Å². The Morgan fingerprint density at radius 1 is 1.04 bits per heavy atom. The van der Waals surface area contributed by atoms with Crippen molar-refractivity contribution in [1.82, 2.24) is 4.90 Å². The molecular formula is C19H16FN3O2. The van der Waals surface area contributed by atoms with Crippen LogP contribution in [0.15, 0.2) is 42.5 Å². The van der Waals surface area contributed by atoms with Gasteiger partial charge >= 0.3 is 0 Å². The zero-order valence-electron chi connectivity index (χ0n) is 13.5. The molecule has 126 valence electrons. The first-order valence-electron chi connectivity index (χ1n) is 8.00. The van der Waals surface area contributed by atoms with Gasteiger partial charge in [0, 0.05) is 13.1 Å². The maximum Gasteiger partial charge on any atom is 0.261 e. The lowest BCUT2D eigenvalue weighted by Gasteiger charge is -2.14. The van der Waals surface area contributed by atoms with Gasteiger partial charge in [0.1, 0.15) is 11.9 Å². The number of amides is 2. The van der Waals surface area contributed by atoms with Crippen LogP contribution in [0, 0.1) is 17.1 Å². The van der Waals surface area contributed by atoms with Crippen molar-refractivity contribution in [2.24, 2.45) is 0 Å². The minimum atomic E-state index is -0.451. The number of nitrogens with one attached hydrogen (secondary N) is 1. The van der Waals surface area contributed by atoms with E-state index in [0.29, 0.717) is 42.7 Å². The van der Waals surface area contributed by atoms with Crippen LogP contribution in [0.3, 0.4) is 0 Å². The third-order valence-corrected chi connectivity index (χ3v) is 4.10. The van der Waals surface area contributed by atoms with E-state index in [2.05, 4.69) is 5.32 Å². The number of carbonyl (C=O) groups excluding carboxylic acids is 2. The molecule has 1 aliphatic rings. The lowest BCUT2D eigenvalue weighted by molar-refractivity contribution is 0.0652. The third-order valence-electron chi connectivity index (χ3n) is 4.10. The van der Waals surface area contributed by atoms with E-state index < -0.39 is 5.82 Å². The Hall–Kier alpha value is -3.20. The molecule has 2 aromatic rings. The predicted octanol–water partition coefficient (Wildman–Crippen LogP) is 3.19. The van der Waals surface area contributed by atoms with E-state index in [0.717, 1.165) is 0 Å². The maximum atomic E-state index is 13.1. The molecule has 2 amide bonds. The van der Waals surface area contributed by atoms with Gasteiger partial charge in [0.25, 0.3) is 11.8 Å². The smallest absolute Gasteiger partial charge is 0.261 e. The molecule has 0 spiro atoms. The summed E-state index contributed by atoms with van der Waals surface area (Å²) in [6.45, 7) is 0.909. The van der Waals surface area contributed by atoms with Crippen molar-refractivity contribution < 1.29 is 14.0 Å². The van der Waals surface area contributed by atoms with Crippen LogP contribution in [0.1, 0.15) is 39.1 Å². The summed E-state index contributed by atoms with van der Waals surface area (Å²) in [6.07, 6.45) is 1.34. The Balaban J connectivity index is 1.50. The van der Waals surface area contributed by atoms with Crippen LogP contribution in [0.5, 0.6) is 0 Å². The predicted molar refractivity (Wildman–Crippen MR) is 90.6 cm³/mol. The number of nitriles is 1. The van der Waals surface area contributed by atoms with E-state index in [1.165, 1.54) is 23.1 Å². The van der Waals surface area contributed by atoms with Crippen molar-refractivity contribution in [2.45, 2.75) is 12.8 Å². The molecule has 1 aliphatic heterocycles. The van der Waals surface area contributed by atoms with Crippen molar-refractivity contribution in [3.63, 3.8) is 0 Å². The number of halogens is 1. The van der Waals surface area contributed by atoms with Crippen LogP contribution in [-0.4, -0.2) is 29.8 Å². The fraction of sp³-hybridized carbons (Fsp3) is 0.211. The highest BCUT2D eigenvalue weighted by Gasteiger charge is 2.34. The molecule has 0 bridgehead atoms. The van der Waals surface area contributed by atoms with Crippen molar-refractivity contribution in [2.75, 3.05) is 18.4 Å². The Kier molecular flexibility index (Phi) is 4.75. The van der Waals surface area contributed by atoms with E-state index in [4.69, 9.17) is 5.26 Å². The monoisotopic (exact) mass is 337 g/mol.